The fraction of sp³-hybridized carbons (Fsp3) is 0.467. The van der Waals surface area contributed by atoms with E-state index in [1.54, 1.807) is 6.92 Å². The lowest BCUT2D eigenvalue weighted by Gasteiger charge is -2.31. The van der Waals surface area contributed by atoms with Gasteiger partial charge in [-0.2, -0.15) is 0 Å². The summed E-state index contributed by atoms with van der Waals surface area (Å²) >= 11 is 0. The molecule has 1 saturated carbocycles. The van der Waals surface area contributed by atoms with Gasteiger partial charge in [-0.05, 0) is 49.9 Å². The van der Waals surface area contributed by atoms with Crippen LogP contribution < -0.4 is 0 Å². The number of hydrogen-bond donors (Lipinski definition) is 0. The van der Waals surface area contributed by atoms with Crippen molar-refractivity contribution >= 4 is 11.8 Å². The standard InChI is InChI=1S/C15H17FO3/c1-2-19-15(18)13(10-4-3-5-10)14(17)11-6-8-12(16)9-7-11/h6-10,13H,2-5H2,1H3. The van der Waals surface area contributed by atoms with E-state index in [1.165, 1.54) is 24.3 Å². The first-order valence-corrected chi connectivity index (χ1v) is 6.60. The number of ketones is 1. The second-order valence-corrected chi connectivity index (χ2v) is 4.79. The van der Waals surface area contributed by atoms with E-state index in [4.69, 9.17) is 4.74 Å². The fourth-order valence-corrected chi connectivity index (χ4v) is 2.31. The van der Waals surface area contributed by atoms with E-state index in [0.717, 1.165) is 19.3 Å². The SMILES string of the molecule is CCOC(=O)C(C(=O)c1ccc(F)cc1)C1CCC1. The highest BCUT2D eigenvalue weighted by molar-refractivity contribution is 6.08. The molecule has 0 aromatic heterocycles. The predicted octanol–water partition coefficient (Wildman–Crippen LogP) is 2.99. The second kappa shape index (κ2) is 5.95. The van der Waals surface area contributed by atoms with Gasteiger partial charge in [-0.3, -0.25) is 9.59 Å². The Morgan fingerprint density at radius 1 is 1.32 bits per heavy atom. The summed E-state index contributed by atoms with van der Waals surface area (Å²) in [4.78, 5) is 24.3. The molecule has 0 saturated heterocycles. The van der Waals surface area contributed by atoms with Gasteiger partial charge in [-0.1, -0.05) is 6.42 Å². The van der Waals surface area contributed by atoms with Crippen LogP contribution in [0, 0.1) is 17.7 Å². The third kappa shape index (κ3) is 3.00. The number of benzene rings is 1. The van der Waals surface area contributed by atoms with Gasteiger partial charge in [0.2, 0.25) is 0 Å². The van der Waals surface area contributed by atoms with Crippen LogP contribution in [0.3, 0.4) is 0 Å². The molecule has 1 aromatic carbocycles. The van der Waals surface area contributed by atoms with E-state index in [0.29, 0.717) is 5.56 Å². The van der Waals surface area contributed by atoms with Gasteiger partial charge in [0.15, 0.2) is 5.78 Å². The van der Waals surface area contributed by atoms with Gasteiger partial charge in [0.05, 0.1) is 6.61 Å². The van der Waals surface area contributed by atoms with Crippen molar-refractivity contribution in [2.45, 2.75) is 26.2 Å². The minimum Gasteiger partial charge on any atom is -0.465 e. The summed E-state index contributed by atoms with van der Waals surface area (Å²) in [5, 5.41) is 0. The van der Waals surface area contributed by atoms with Crippen LogP contribution in [0.1, 0.15) is 36.5 Å². The Balaban J connectivity index is 2.19. The molecule has 1 unspecified atom stereocenters. The molecule has 0 amide bonds. The molecule has 3 nitrogen and oxygen atoms in total. The zero-order valence-corrected chi connectivity index (χ0v) is 10.9. The van der Waals surface area contributed by atoms with Crippen molar-refractivity contribution < 1.29 is 18.7 Å². The second-order valence-electron chi connectivity index (χ2n) is 4.79. The molecular weight excluding hydrogens is 247 g/mol. The van der Waals surface area contributed by atoms with Crippen molar-refractivity contribution in [1.29, 1.82) is 0 Å². The molecule has 0 heterocycles. The third-order valence-corrected chi connectivity index (χ3v) is 3.57. The summed E-state index contributed by atoms with van der Waals surface area (Å²) < 4.78 is 17.9. The fourth-order valence-electron chi connectivity index (χ4n) is 2.31. The Bertz CT molecular complexity index is 463. The molecule has 1 aromatic rings. The van der Waals surface area contributed by atoms with Crippen LogP contribution in [-0.4, -0.2) is 18.4 Å². The van der Waals surface area contributed by atoms with Crippen LogP contribution in [-0.2, 0) is 9.53 Å². The molecule has 4 heteroatoms. The third-order valence-electron chi connectivity index (χ3n) is 3.57. The van der Waals surface area contributed by atoms with Gasteiger partial charge in [0.1, 0.15) is 11.7 Å². The van der Waals surface area contributed by atoms with Crippen LogP contribution in [0.15, 0.2) is 24.3 Å². The zero-order chi connectivity index (χ0) is 13.8. The monoisotopic (exact) mass is 264 g/mol. The average molecular weight is 264 g/mol. The molecule has 0 bridgehead atoms. The van der Waals surface area contributed by atoms with Crippen molar-refractivity contribution in [3.63, 3.8) is 0 Å². The molecule has 2 rings (SSSR count). The molecule has 1 fully saturated rings. The van der Waals surface area contributed by atoms with Gasteiger partial charge in [-0.15, -0.1) is 0 Å². The average Bonchev–Trinajstić information content (AvgIpc) is 2.34. The number of carbonyl (C=O) groups excluding carboxylic acids is 2. The zero-order valence-electron chi connectivity index (χ0n) is 10.9. The quantitative estimate of drug-likeness (QED) is 0.466. The Hall–Kier alpha value is -1.71. The van der Waals surface area contributed by atoms with Crippen molar-refractivity contribution in [3.8, 4) is 0 Å². The van der Waals surface area contributed by atoms with Gasteiger partial charge in [0.25, 0.3) is 0 Å². The van der Waals surface area contributed by atoms with Crippen molar-refractivity contribution in [1.82, 2.24) is 0 Å². The van der Waals surface area contributed by atoms with Crippen molar-refractivity contribution in [2.75, 3.05) is 6.61 Å². The maximum Gasteiger partial charge on any atom is 0.317 e. The Morgan fingerprint density at radius 3 is 2.42 bits per heavy atom. The van der Waals surface area contributed by atoms with Gasteiger partial charge in [0, 0.05) is 5.56 Å². The minimum absolute atomic E-state index is 0.0663. The number of ether oxygens (including phenoxy) is 1. The number of Topliss-reactive ketones (excluding diaryl/α,β-unsaturated/α-hetero) is 1. The van der Waals surface area contributed by atoms with E-state index in [2.05, 4.69) is 0 Å². The van der Waals surface area contributed by atoms with Gasteiger partial charge < -0.3 is 4.74 Å². The summed E-state index contributed by atoms with van der Waals surface area (Å²) in [6.07, 6.45) is 2.78. The van der Waals surface area contributed by atoms with E-state index < -0.39 is 17.7 Å². The molecule has 0 radical (unpaired) electrons. The molecule has 19 heavy (non-hydrogen) atoms. The normalized spacial score (nSPS) is 16.5. The summed E-state index contributed by atoms with van der Waals surface area (Å²) in [5.74, 6) is -1.78. The first-order valence-electron chi connectivity index (χ1n) is 6.60. The molecule has 102 valence electrons. The lowest BCUT2D eigenvalue weighted by Crippen LogP contribution is -2.36. The molecule has 1 atom stereocenters. The largest absolute Gasteiger partial charge is 0.465 e. The van der Waals surface area contributed by atoms with Crippen LogP contribution in [0.4, 0.5) is 4.39 Å². The number of carbonyl (C=O) groups is 2. The van der Waals surface area contributed by atoms with Crippen LogP contribution in [0.25, 0.3) is 0 Å². The maximum atomic E-state index is 12.9. The smallest absolute Gasteiger partial charge is 0.317 e. The van der Waals surface area contributed by atoms with Crippen LogP contribution in [0.2, 0.25) is 0 Å². The van der Waals surface area contributed by atoms with E-state index in [1.807, 2.05) is 0 Å². The molecular formula is C15H17FO3. The highest BCUT2D eigenvalue weighted by Gasteiger charge is 2.39. The van der Waals surface area contributed by atoms with Crippen LogP contribution >= 0.6 is 0 Å². The molecule has 0 N–H and O–H groups in total. The van der Waals surface area contributed by atoms with Gasteiger partial charge >= 0.3 is 5.97 Å². The van der Waals surface area contributed by atoms with E-state index in [-0.39, 0.29) is 18.3 Å². The number of halogens is 1. The van der Waals surface area contributed by atoms with Gasteiger partial charge in [-0.25, -0.2) is 4.39 Å². The maximum absolute atomic E-state index is 12.9. The molecule has 0 aliphatic heterocycles. The first-order chi connectivity index (χ1) is 9.13. The Labute approximate surface area is 111 Å². The predicted molar refractivity (Wildman–Crippen MR) is 68.2 cm³/mol. The Kier molecular flexibility index (Phi) is 4.30. The first kappa shape index (κ1) is 13.7. The lowest BCUT2D eigenvalue weighted by atomic mass is 9.73. The highest BCUT2D eigenvalue weighted by Crippen LogP contribution is 2.36. The van der Waals surface area contributed by atoms with Crippen LogP contribution in [0.5, 0.6) is 0 Å². The van der Waals surface area contributed by atoms with Crippen molar-refractivity contribution in [2.24, 2.45) is 11.8 Å². The summed E-state index contributed by atoms with van der Waals surface area (Å²) in [7, 11) is 0. The summed E-state index contributed by atoms with van der Waals surface area (Å²) in [5.41, 5.74) is 0.367. The summed E-state index contributed by atoms with van der Waals surface area (Å²) in [6, 6.07) is 5.30. The Morgan fingerprint density at radius 2 is 1.95 bits per heavy atom. The van der Waals surface area contributed by atoms with E-state index >= 15 is 0 Å². The highest BCUT2D eigenvalue weighted by atomic mass is 19.1. The minimum atomic E-state index is -0.737. The van der Waals surface area contributed by atoms with Crippen molar-refractivity contribution in [3.05, 3.63) is 35.6 Å². The van der Waals surface area contributed by atoms with E-state index in [9.17, 15) is 14.0 Å². The lowest BCUT2D eigenvalue weighted by molar-refractivity contribution is -0.148. The molecule has 1 aliphatic rings. The summed E-state index contributed by atoms with van der Waals surface area (Å²) in [6.45, 7) is 1.98. The topological polar surface area (TPSA) is 43.4 Å². The number of esters is 1. The molecule has 0 spiro atoms. The number of rotatable bonds is 5. The molecule has 1 aliphatic carbocycles. The number of hydrogen-bond acceptors (Lipinski definition) is 3.